The number of ether oxygens (including phenoxy) is 1. The van der Waals surface area contributed by atoms with Gasteiger partial charge in [-0.3, -0.25) is 4.79 Å². The van der Waals surface area contributed by atoms with E-state index in [0.717, 1.165) is 26.4 Å². The number of aliphatic hydroxyl groups is 1. The molecular weight excluding hydrogens is 426 g/mol. The lowest BCUT2D eigenvalue weighted by Gasteiger charge is -2.23. The van der Waals surface area contributed by atoms with Crippen LogP contribution in [0.2, 0.25) is 0 Å². The number of carbonyl (C=O) groups is 1. The maximum Gasteiger partial charge on any atom is 0.230 e. The van der Waals surface area contributed by atoms with Crippen LogP contribution in [0.15, 0.2) is 32.9 Å². The Morgan fingerprint density at radius 2 is 1.93 bits per heavy atom. The van der Waals surface area contributed by atoms with Gasteiger partial charge in [-0.1, -0.05) is 80.8 Å². The average Bonchev–Trinajstić information content (AvgIpc) is 3.15. The number of aromatic nitrogens is 2. The third kappa shape index (κ3) is 8.54. The molecule has 0 fully saturated rings. The second-order valence-corrected chi connectivity index (χ2v) is 11.0. The molecule has 0 spiro atoms. The summed E-state index contributed by atoms with van der Waals surface area (Å²) in [5.41, 5.74) is 1.10. The average molecular weight is 456 g/mol. The van der Waals surface area contributed by atoms with Crippen molar-refractivity contribution < 1.29 is 14.6 Å². The Morgan fingerprint density at radius 3 is 2.62 bits per heavy atom. The number of rotatable bonds is 11. The summed E-state index contributed by atoms with van der Waals surface area (Å²) in [4.78, 5) is 11.6. The molecule has 2 rings (SSSR count). The molecule has 1 atom stereocenters. The van der Waals surface area contributed by atoms with E-state index in [2.05, 4.69) is 42.4 Å². The zero-order valence-electron chi connectivity index (χ0n) is 17.3. The number of nitrogens with one attached hydrogen (secondary N) is 1. The fourth-order valence-corrected chi connectivity index (χ4v) is 5.15. The van der Waals surface area contributed by atoms with Gasteiger partial charge in [-0.05, 0) is 23.5 Å². The van der Waals surface area contributed by atoms with E-state index in [1.807, 2.05) is 25.1 Å². The summed E-state index contributed by atoms with van der Waals surface area (Å²) in [6, 6.07) is 7.93. The molecule has 0 saturated heterocycles. The van der Waals surface area contributed by atoms with Crippen molar-refractivity contribution in [1.29, 1.82) is 0 Å². The Bertz CT molecular complexity index is 778. The summed E-state index contributed by atoms with van der Waals surface area (Å²) in [6.07, 6.45) is 0.303. The topological polar surface area (TPSA) is 84.3 Å². The number of nitrogens with zero attached hydrogens (tertiary/aromatic N) is 2. The van der Waals surface area contributed by atoms with Crippen LogP contribution in [-0.4, -0.2) is 52.0 Å². The molecule has 0 saturated carbocycles. The van der Waals surface area contributed by atoms with Crippen LogP contribution in [0, 0.1) is 0 Å². The van der Waals surface area contributed by atoms with Crippen molar-refractivity contribution in [2.75, 3.05) is 24.7 Å². The molecular formula is C20H29N3O3S3. The lowest BCUT2D eigenvalue weighted by atomic mass is 9.86. The van der Waals surface area contributed by atoms with Gasteiger partial charge in [0.15, 0.2) is 8.68 Å². The molecule has 1 aromatic heterocycles. The quantitative estimate of drug-likeness (QED) is 0.496. The SMILES string of the molecule is CCCNC(=O)CSc1nnc(SC[C@@H](O)COc2ccccc2C(C)(C)C)s1. The number of carbonyl (C=O) groups excluding carboxylic acids is 1. The van der Waals surface area contributed by atoms with Crippen molar-refractivity contribution in [3.63, 3.8) is 0 Å². The predicted octanol–water partition coefficient (Wildman–Crippen LogP) is 3.99. The molecule has 6 nitrogen and oxygen atoms in total. The van der Waals surface area contributed by atoms with E-state index in [0.29, 0.717) is 18.1 Å². The van der Waals surface area contributed by atoms with Crippen molar-refractivity contribution in [2.45, 2.75) is 54.3 Å². The lowest BCUT2D eigenvalue weighted by Crippen LogP contribution is -2.25. The minimum Gasteiger partial charge on any atom is -0.491 e. The number of benzene rings is 1. The lowest BCUT2D eigenvalue weighted by molar-refractivity contribution is -0.118. The molecule has 0 unspecified atom stereocenters. The van der Waals surface area contributed by atoms with E-state index in [1.54, 1.807) is 0 Å². The van der Waals surface area contributed by atoms with Gasteiger partial charge in [0, 0.05) is 12.3 Å². The molecule has 0 radical (unpaired) electrons. The van der Waals surface area contributed by atoms with Crippen LogP contribution in [0.3, 0.4) is 0 Å². The second-order valence-electron chi connectivity index (χ2n) is 7.49. The Balaban J connectivity index is 1.76. The number of thioether (sulfide) groups is 2. The van der Waals surface area contributed by atoms with Crippen LogP contribution < -0.4 is 10.1 Å². The van der Waals surface area contributed by atoms with Crippen molar-refractivity contribution in [3.05, 3.63) is 29.8 Å². The molecule has 0 aliphatic carbocycles. The van der Waals surface area contributed by atoms with Crippen molar-refractivity contribution in [2.24, 2.45) is 0 Å². The van der Waals surface area contributed by atoms with Gasteiger partial charge < -0.3 is 15.2 Å². The zero-order chi connectivity index (χ0) is 21.3. The first kappa shape index (κ1) is 24.0. The Kier molecular flexibility index (Phi) is 9.74. The Hall–Kier alpha value is -1.29. The molecule has 2 N–H and O–H groups in total. The van der Waals surface area contributed by atoms with Gasteiger partial charge in [0.05, 0.1) is 11.9 Å². The number of aliphatic hydroxyl groups excluding tert-OH is 1. The summed E-state index contributed by atoms with van der Waals surface area (Å²) in [5, 5.41) is 21.3. The van der Waals surface area contributed by atoms with Crippen LogP contribution in [0.1, 0.15) is 39.7 Å². The van der Waals surface area contributed by atoms with Gasteiger partial charge in [0.2, 0.25) is 5.91 Å². The molecule has 1 heterocycles. The van der Waals surface area contributed by atoms with E-state index in [-0.39, 0.29) is 17.9 Å². The maximum atomic E-state index is 11.6. The molecule has 0 aliphatic heterocycles. The van der Waals surface area contributed by atoms with Crippen molar-refractivity contribution in [3.8, 4) is 5.75 Å². The fourth-order valence-electron chi connectivity index (χ4n) is 2.37. The third-order valence-electron chi connectivity index (χ3n) is 3.81. The highest BCUT2D eigenvalue weighted by molar-refractivity contribution is 8.03. The van der Waals surface area contributed by atoms with E-state index < -0.39 is 6.10 Å². The van der Waals surface area contributed by atoms with Gasteiger partial charge in [0.1, 0.15) is 12.4 Å². The minimum atomic E-state index is -0.618. The van der Waals surface area contributed by atoms with Crippen LogP contribution in [0.5, 0.6) is 5.75 Å². The standard InChI is InChI=1S/C20H29N3O3S3/c1-5-10-21-17(25)13-28-19-23-22-18(29-19)27-12-14(24)11-26-16-9-7-6-8-15(16)20(2,3)4/h6-9,14,24H,5,10-13H2,1-4H3,(H,21,25)/t14-/m0/s1. The molecule has 9 heteroatoms. The Labute approximate surface area is 185 Å². The van der Waals surface area contributed by atoms with Gasteiger partial charge in [-0.25, -0.2) is 0 Å². The molecule has 160 valence electrons. The van der Waals surface area contributed by atoms with E-state index in [1.165, 1.54) is 34.9 Å². The van der Waals surface area contributed by atoms with E-state index in [9.17, 15) is 9.90 Å². The number of hydrogen-bond donors (Lipinski definition) is 2. The molecule has 29 heavy (non-hydrogen) atoms. The van der Waals surface area contributed by atoms with Crippen LogP contribution in [0.4, 0.5) is 0 Å². The summed E-state index contributed by atoms with van der Waals surface area (Å²) < 4.78 is 7.40. The smallest absolute Gasteiger partial charge is 0.230 e. The highest BCUT2D eigenvalue weighted by Gasteiger charge is 2.19. The van der Waals surface area contributed by atoms with E-state index in [4.69, 9.17) is 4.74 Å². The first-order valence-corrected chi connectivity index (χ1v) is 12.3. The van der Waals surface area contributed by atoms with Gasteiger partial charge in [0.25, 0.3) is 0 Å². The molecule has 0 aliphatic rings. The number of amides is 1. The predicted molar refractivity (Wildman–Crippen MR) is 121 cm³/mol. The maximum absolute atomic E-state index is 11.6. The highest BCUT2D eigenvalue weighted by Crippen LogP contribution is 2.32. The normalized spacial score (nSPS) is 12.6. The van der Waals surface area contributed by atoms with Gasteiger partial charge in [-0.15, -0.1) is 10.2 Å². The molecule has 1 amide bonds. The van der Waals surface area contributed by atoms with Crippen LogP contribution >= 0.6 is 34.9 Å². The van der Waals surface area contributed by atoms with Crippen molar-refractivity contribution in [1.82, 2.24) is 15.5 Å². The third-order valence-corrected chi connectivity index (χ3v) is 7.15. The largest absolute Gasteiger partial charge is 0.491 e. The summed E-state index contributed by atoms with van der Waals surface area (Å²) in [6.45, 7) is 9.35. The summed E-state index contributed by atoms with van der Waals surface area (Å²) >= 11 is 4.25. The summed E-state index contributed by atoms with van der Waals surface area (Å²) in [7, 11) is 0. The van der Waals surface area contributed by atoms with Crippen LogP contribution in [0.25, 0.3) is 0 Å². The van der Waals surface area contributed by atoms with Crippen LogP contribution in [-0.2, 0) is 10.2 Å². The fraction of sp³-hybridized carbons (Fsp3) is 0.550. The number of hydrogen-bond acceptors (Lipinski definition) is 8. The van der Waals surface area contributed by atoms with Crippen molar-refractivity contribution >= 4 is 40.8 Å². The van der Waals surface area contributed by atoms with Gasteiger partial charge in [-0.2, -0.15) is 0 Å². The molecule has 1 aromatic carbocycles. The monoisotopic (exact) mass is 455 g/mol. The molecule has 2 aromatic rings. The zero-order valence-corrected chi connectivity index (χ0v) is 19.8. The highest BCUT2D eigenvalue weighted by atomic mass is 32.2. The van der Waals surface area contributed by atoms with Gasteiger partial charge >= 0.3 is 0 Å². The minimum absolute atomic E-state index is 0.00404. The first-order chi connectivity index (χ1) is 13.8. The number of para-hydroxylation sites is 1. The first-order valence-electron chi connectivity index (χ1n) is 9.55. The Morgan fingerprint density at radius 1 is 1.24 bits per heavy atom. The summed E-state index contributed by atoms with van der Waals surface area (Å²) in [5.74, 6) is 1.61. The molecule has 0 bridgehead atoms. The van der Waals surface area contributed by atoms with E-state index >= 15 is 0 Å². The second kappa shape index (κ2) is 11.8.